The van der Waals surface area contributed by atoms with Crippen LogP contribution in [0.4, 0.5) is 0 Å². The molecule has 0 saturated heterocycles. The van der Waals surface area contributed by atoms with Crippen LogP contribution in [0, 0.1) is 0 Å². The first-order chi connectivity index (χ1) is 8.09. The van der Waals surface area contributed by atoms with Gasteiger partial charge in [0.25, 0.3) is 0 Å². The van der Waals surface area contributed by atoms with E-state index in [4.69, 9.17) is 10.2 Å². The van der Waals surface area contributed by atoms with Gasteiger partial charge >= 0.3 is 11.9 Å². The first kappa shape index (κ1) is 13.2. The number of hydrogen-bond donors (Lipinski definition) is 2. The Balaban J connectivity index is 2.64. The largest absolute Gasteiger partial charge is 0.481 e. The van der Waals surface area contributed by atoms with E-state index in [1.54, 1.807) is 0 Å². The van der Waals surface area contributed by atoms with Gasteiger partial charge in [0.05, 0.1) is 0 Å². The molecule has 0 bridgehead atoms. The maximum atomic E-state index is 10.6. The lowest BCUT2D eigenvalue weighted by atomic mass is 9.90. The van der Waals surface area contributed by atoms with E-state index in [0.29, 0.717) is 12.8 Å². The Morgan fingerprint density at radius 3 is 1.82 bits per heavy atom. The van der Waals surface area contributed by atoms with Gasteiger partial charge in [-0.2, -0.15) is 0 Å². The second-order valence-electron chi connectivity index (χ2n) is 3.97. The Morgan fingerprint density at radius 1 is 0.941 bits per heavy atom. The van der Waals surface area contributed by atoms with E-state index in [9.17, 15) is 9.59 Å². The fraction of sp³-hybridized carbons (Fsp3) is 0.385. The minimum atomic E-state index is -0.846. The van der Waals surface area contributed by atoms with E-state index in [-0.39, 0.29) is 18.8 Å². The van der Waals surface area contributed by atoms with Crippen molar-refractivity contribution in [2.24, 2.45) is 0 Å². The van der Waals surface area contributed by atoms with Gasteiger partial charge in [0.1, 0.15) is 0 Å². The van der Waals surface area contributed by atoms with Crippen LogP contribution in [0.25, 0.3) is 0 Å². The maximum Gasteiger partial charge on any atom is 0.303 e. The van der Waals surface area contributed by atoms with E-state index in [2.05, 4.69) is 0 Å². The third kappa shape index (κ3) is 5.15. The highest BCUT2D eigenvalue weighted by Gasteiger charge is 2.14. The Labute approximate surface area is 99.9 Å². The third-order valence-electron chi connectivity index (χ3n) is 2.68. The first-order valence-corrected chi connectivity index (χ1v) is 5.58. The van der Waals surface area contributed by atoms with E-state index >= 15 is 0 Å². The topological polar surface area (TPSA) is 74.6 Å². The van der Waals surface area contributed by atoms with Crippen LogP contribution >= 0.6 is 0 Å². The van der Waals surface area contributed by atoms with Gasteiger partial charge in [0.2, 0.25) is 0 Å². The molecule has 0 atom stereocenters. The molecule has 17 heavy (non-hydrogen) atoms. The summed E-state index contributed by atoms with van der Waals surface area (Å²) in [5.41, 5.74) is 1.01. The van der Waals surface area contributed by atoms with Gasteiger partial charge in [-0.25, -0.2) is 0 Å². The van der Waals surface area contributed by atoms with Crippen LogP contribution < -0.4 is 0 Å². The van der Waals surface area contributed by atoms with Crippen molar-refractivity contribution in [1.29, 1.82) is 0 Å². The second-order valence-corrected chi connectivity index (χ2v) is 3.97. The highest BCUT2D eigenvalue weighted by atomic mass is 16.4. The molecule has 92 valence electrons. The van der Waals surface area contributed by atoms with Gasteiger partial charge in [0.15, 0.2) is 0 Å². The Bertz CT molecular complexity index is 354. The number of rotatable bonds is 7. The smallest absolute Gasteiger partial charge is 0.303 e. The van der Waals surface area contributed by atoms with Crippen molar-refractivity contribution in [2.45, 2.75) is 31.6 Å². The fourth-order valence-electron chi connectivity index (χ4n) is 1.80. The summed E-state index contributed by atoms with van der Waals surface area (Å²) in [4.78, 5) is 21.1. The van der Waals surface area contributed by atoms with Crippen molar-refractivity contribution in [3.8, 4) is 0 Å². The number of benzene rings is 1. The number of carbonyl (C=O) groups is 2. The zero-order chi connectivity index (χ0) is 12.7. The number of hydrogen-bond acceptors (Lipinski definition) is 2. The number of aliphatic carboxylic acids is 2. The summed E-state index contributed by atoms with van der Waals surface area (Å²) in [5.74, 6) is -1.69. The van der Waals surface area contributed by atoms with Crippen molar-refractivity contribution in [1.82, 2.24) is 0 Å². The van der Waals surface area contributed by atoms with Crippen LogP contribution in [0.15, 0.2) is 30.3 Å². The molecule has 1 aromatic rings. The SMILES string of the molecule is O=C(O)CCC(CCC(=O)O)c1ccccc1. The molecule has 0 fully saturated rings. The van der Waals surface area contributed by atoms with Gasteiger partial charge in [0, 0.05) is 12.8 Å². The van der Waals surface area contributed by atoms with Crippen molar-refractivity contribution in [3.05, 3.63) is 35.9 Å². The average Bonchev–Trinajstić information content (AvgIpc) is 2.29. The lowest BCUT2D eigenvalue weighted by Crippen LogP contribution is -2.06. The molecule has 4 heteroatoms. The standard InChI is InChI=1S/C13H16O4/c14-12(15)8-6-11(7-9-13(16)17)10-4-2-1-3-5-10/h1-5,11H,6-9H2,(H,14,15)(H,16,17). The molecule has 0 aliphatic carbocycles. The lowest BCUT2D eigenvalue weighted by molar-refractivity contribution is -0.137. The Morgan fingerprint density at radius 2 is 1.41 bits per heavy atom. The molecular weight excluding hydrogens is 220 g/mol. The lowest BCUT2D eigenvalue weighted by Gasteiger charge is -2.15. The first-order valence-electron chi connectivity index (χ1n) is 5.58. The van der Waals surface area contributed by atoms with Gasteiger partial charge in [-0.3, -0.25) is 9.59 Å². The fourth-order valence-corrected chi connectivity index (χ4v) is 1.80. The van der Waals surface area contributed by atoms with Gasteiger partial charge in [-0.1, -0.05) is 30.3 Å². The monoisotopic (exact) mass is 236 g/mol. The van der Waals surface area contributed by atoms with E-state index in [0.717, 1.165) is 5.56 Å². The zero-order valence-corrected chi connectivity index (χ0v) is 9.50. The third-order valence-corrected chi connectivity index (χ3v) is 2.68. The van der Waals surface area contributed by atoms with Crippen LogP contribution in [0.5, 0.6) is 0 Å². The molecule has 0 heterocycles. The molecule has 1 rings (SSSR count). The summed E-state index contributed by atoms with van der Waals surface area (Å²) < 4.78 is 0. The summed E-state index contributed by atoms with van der Waals surface area (Å²) in [7, 11) is 0. The summed E-state index contributed by atoms with van der Waals surface area (Å²) in [6.07, 6.45) is 1.09. The van der Waals surface area contributed by atoms with Crippen LogP contribution in [0.2, 0.25) is 0 Å². The van der Waals surface area contributed by atoms with E-state index in [1.165, 1.54) is 0 Å². The normalized spacial score (nSPS) is 10.4. The van der Waals surface area contributed by atoms with E-state index < -0.39 is 11.9 Å². The number of carboxylic acids is 2. The molecule has 0 aliphatic rings. The molecule has 0 unspecified atom stereocenters. The summed E-state index contributed by atoms with van der Waals surface area (Å²) >= 11 is 0. The Kier molecular flexibility index (Phi) is 5.20. The molecule has 0 saturated carbocycles. The molecule has 0 aromatic heterocycles. The van der Waals surface area contributed by atoms with Crippen molar-refractivity contribution >= 4 is 11.9 Å². The van der Waals surface area contributed by atoms with Crippen LogP contribution in [-0.4, -0.2) is 22.2 Å². The van der Waals surface area contributed by atoms with Gasteiger partial charge in [-0.05, 0) is 24.3 Å². The molecule has 2 N–H and O–H groups in total. The van der Waals surface area contributed by atoms with E-state index in [1.807, 2.05) is 30.3 Å². The zero-order valence-electron chi connectivity index (χ0n) is 9.50. The summed E-state index contributed by atoms with van der Waals surface area (Å²) in [6.45, 7) is 0. The van der Waals surface area contributed by atoms with Crippen molar-refractivity contribution < 1.29 is 19.8 Å². The van der Waals surface area contributed by atoms with Gasteiger partial charge in [-0.15, -0.1) is 0 Å². The molecular formula is C13H16O4. The second kappa shape index (κ2) is 6.68. The predicted molar refractivity (Wildman–Crippen MR) is 62.9 cm³/mol. The quantitative estimate of drug-likeness (QED) is 0.762. The molecule has 0 spiro atoms. The molecule has 1 aromatic carbocycles. The predicted octanol–water partition coefficient (Wildman–Crippen LogP) is 2.50. The minimum Gasteiger partial charge on any atom is -0.481 e. The minimum absolute atomic E-state index is 0.00315. The molecule has 0 amide bonds. The van der Waals surface area contributed by atoms with Crippen LogP contribution in [-0.2, 0) is 9.59 Å². The molecule has 4 nitrogen and oxygen atoms in total. The molecule has 0 radical (unpaired) electrons. The van der Waals surface area contributed by atoms with Crippen molar-refractivity contribution in [3.63, 3.8) is 0 Å². The Hall–Kier alpha value is -1.84. The average molecular weight is 236 g/mol. The number of carboxylic acid groups (broad SMARTS) is 2. The highest BCUT2D eigenvalue weighted by molar-refractivity contribution is 5.67. The highest BCUT2D eigenvalue weighted by Crippen LogP contribution is 2.26. The van der Waals surface area contributed by atoms with Gasteiger partial charge < -0.3 is 10.2 Å². The van der Waals surface area contributed by atoms with Crippen LogP contribution in [0.1, 0.15) is 37.2 Å². The maximum absolute atomic E-state index is 10.6. The van der Waals surface area contributed by atoms with Crippen molar-refractivity contribution in [2.75, 3.05) is 0 Å². The molecule has 0 aliphatic heterocycles. The summed E-state index contributed by atoms with van der Waals surface area (Å²) in [6, 6.07) is 9.46. The van der Waals surface area contributed by atoms with Crippen LogP contribution in [0.3, 0.4) is 0 Å². The summed E-state index contributed by atoms with van der Waals surface area (Å²) in [5, 5.41) is 17.3.